The van der Waals surface area contributed by atoms with E-state index in [0.717, 1.165) is 25.7 Å². The third kappa shape index (κ3) is 1.58. The Hall–Kier alpha value is -0.810. The summed E-state index contributed by atoms with van der Waals surface area (Å²) in [7, 11) is 0. The van der Waals surface area contributed by atoms with Crippen LogP contribution in [0.4, 0.5) is 0 Å². The van der Waals surface area contributed by atoms with Gasteiger partial charge in [0, 0.05) is 12.3 Å². The second kappa shape index (κ2) is 3.38. The molecule has 54 valence electrons. The molecule has 1 aliphatic carbocycles. The summed E-state index contributed by atoms with van der Waals surface area (Å²) in [6, 6.07) is 0. The minimum atomic E-state index is 0.286. The molecular weight excluding hydrogens is 124 g/mol. The number of hydrogen-bond donors (Lipinski definition) is 0. The van der Waals surface area contributed by atoms with Gasteiger partial charge >= 0.3 is 0 Å². The fourth-order valence-electron chi connectivity index (χ4n) is 1.36. The lowest BCUT2D eigenvalue weighted by atomic mass is 10.0. The molecule has 0 amide bonds. The lowest BCUT2D eigenvalue weighted by molar-refractivity contribution is -0.120. The highest BCUT2D eigenvalue weighted by molar-refractivity contribution is 5.82. The zero-order valence-electron chi connectivity index (χ0n) is 6.10. The predicted molar refractivity (Wildman–Crippen MR) is 40.7 cm³/mol. The minimum Gasteiger partial charge on any atom is -0.299 e. The van der Waals surface area contributed by atoms with Gasteiger partial charge in [-0.25, -0.2) is 0 Å². The van der Waals surface area contributed by atoms with Gasteiger partial charge in [0.1, 0.15) is 5.78 Å². The lowest BCUT2D eigenvalue weighted by Crippen LogP contribution is -2.03. The quantitative estimate of drug-likeness (QED) is 0.531. The van der Waals surface area contributed by atoms with Crippen LogP contribution in [0.25, 0.3) is 0 Å². The molecule has 10 heavy (non-hydrogen) atoms. The van der Waals surface area contributed by atoms with Crippen molar-refractivity contribution in [3.05, 3.63) is 18.4 Å². The van der Waals surface area contributed by atoms with Gasteiger partial charge < -0.3 is 0 Å². The molecule has 1 heteroatoms. The molecule has 0 N–H and O–H groups in total. The van der Waals surface area contributed by atoms with E-state index < -0.39 is 0 Å². The van der Waals surface area contributed by atoms with Crippen molar-refractivity contribution in [2.75, 3.05) is 0 Å². The summed E-state index contributed by atoms with van der Waals surface area (Å²) in [6.45, 7) is 3.45. The molecule has 1 atom stereocenters. The average molecular weight is 136 g/mol. The number of carbonyl (C=O) groups excluding carboxylic acids is 1. The van der Waals surface area contributed by atoms with Crippen molar-refractivity contribution < 1.29 is 4.79 Å². The molecule has 1 fully saturated rings. The summed E-state index contributed by atoms with van der Waals surface area (Å²) in [5.74, 6) is 0.709. The molecule has 0 saturated heterocycles. The monoisotopic (exact) mass is 136 g/mol. The van der Waals surface area contributed by atoms with Crippen LogP contribution in [-0.2, 0) is 4.79 Å². The zero-order chi connectivity index (χ0) is 7.40. The van der Waals surface area contributed by atoms with Crippen molar-refractivity contribution in [1.29, 1.82) is 0 Å². The average Bonchev–Trinajstić information content (AvgIpc) is 2.31. The molecule has 0 heterocycles. The fourth-order valence-corrected chi connectivity index (χ4v) is 1.36. The summed E-state index contributed by atoms with van der Waals surface area (Å²) in [6.07, 6.45) is 5.64. The summed E-state index contributed by atoms with van der Waals surface area (Å²) < 4.78 is 0. The molecule has 0 aromatic rings. The smallest absolute Gasteiger partial charge is 0.136 e. The summed E-state index contributed by atoms with van der Waals surface area (Å²) in [4.78, 5) is 11.0. The van der Waals surface area contributed by atoms with Crippen LogP contribution in [0, 0.1) is 5.92 Å². The minimum absolute atomic E-state index is 0.286. The fraction of sp³-hybridized carbons (Fsp3) is 0.556. The number of hydrogen-bond acceptors (Lipinski definition) is 1. The predicted octanol–water partition coefficient (Wildman–Crippen LogP) is 2.09. The molecule has 0 radical (unpaired) electrons. The van der Waals surface area contributed by atoms with Crippen LogP contribution in [0.3, 0.4) is 0 Å². The van der Waals surface area contributed by atoms with Crippen molar-refractivity contribution in [3.8, 4) is 0 Å². The maximum atomic E-state index is 11.0. The van der Waals surface area contributed by atoms with E-state index in [0.29, 0.717) is 5.78 Å². The van der Waals surface area contributed by atoms with Gasteiger partial charge in [0.2, 0.25) is 0 Å². The highest BCUT2D eigenvalue weighted by Crippen LogP contribution is 2.24. The standard InChI is InChI=1S/C9H12O/c1-2-3-5-8-6-4-7-9(8)10/h3,8H,1,4-7H2. The summed E-state index contributed by atoms with van der Waals surface area (Å²) in [5.41, 5.74) is 2.69. The first-order valence-corrected chi connectivity index (χ1v) is 3.71. The molecule has 0 aromatic heterocycles. The molecule has 1 rings (SSSR count). The van der Waals surface area contributed by atoms with Gasteiger partial charge in [-0.1, -0.05) is 6.58 Å². The Labute approximate surface area is 61.4 Å². The Morgan fingerprint density at radius 1 is 1.80 bits per heavy atom. The molecule has 1 unspecified atom stereocenters. The van der Waals surface area contributed by atoms with Gasteiger partial charge in [-0.3, -0.25) is 4.79 Å². The van der Waals surface area contributed by atoms with Gasteiger partial charge in [-0.05, 0) is 25.3 Å². The molecule has 1 aliphatic rings. The van der Waals surface area contributed by atoms with E-state index in [-0.39, 0.29) is 5.92 Å². The Morgan fingerprint density at radius 2 is 2.60 bits per heavy atom. The third-order valence-corrected chi connectivity index (χ3v) is 1.98. The largest absolute Gasteiger partial charge is 0.299 e. The highest BCUT2D eigenvalue weighted by Gasteiger charge is 2.22. The molecule has 0 aromatic carbocycles. The van der Waals surface area contributed by atoms with Crippen molar-refractivity contribution in [2.24, 2.45) is 5.92 Å². The van der Waals surface area contributed by atoms with Crippen molar-refractivity contribution in [1.82, 2.24) is 0 Å². The SMILES string of the molecule is C=C=CCC1CCCC1=O. The van der Waals surface area contributed by atoms with E-state index in [1.807, 2.05) is 6.08 Å². The van der Waals surface area contributed by atoms with Crippen LogP contribution in [0.1, 0.15) is 25.7 Å². The number of carbonyl (C=O) groups is 1. The van der Waals surface area contributed by atoms with Crippen molar-refractivity contribution in [2.45, 2.75) is 25.7 Å². The van der Waals surface area contributed by atoms with Gasteiger partial charge in [0.15, 0.2) is 0 Å². The first-order valence-electron chi connectivity index (χ1n) is 3.71. The van der Waals surface area contributed by atoms with E-state index in [9.17, 15) is 4.79 Å². The van der Waals surface area contributed by atoms with Crippen LogP contribution in [0.2, 0.25) is 0 Å². The third-order valence-electron chi connectivity index (χ3n) is 1.98. The first-order chi connectivity index (χ1) is 4.84. The Kier molecular flexibility index (Phi) is 2.47. The molecule has 1 nitrogen and oxygen atoms in total. The lowest BCUT2D eigenvalue weighted by Gasteiger charge is -1.99. The Balaban J connectivity index is 2.40. The normalized spacial score (nSPS) is 24.4. The zero-order valence-corrected chi connectivity index (χ0v) is 6.10. The van der Waals surface area contributed by atoms with Crippen molar-refractivity contribution >= 4 is 5.78 Å². The Bertz CT molecular complexity index is 175. The van der Waals surface area contributed by atoms with Crippen LogP contribution >= 0.6 is 0 Å². The molecule has 0 aliphatic heterocycles. The van der Waals surface area contributed by atoms with E-state index in [4.69, 9.17) is 0 Å². The molecular formula is C9H12O. The molecule has 1 saturated carbocycles. The maximum Gasteiger partial charge on any atom is 0.136 e. The summed E-state index contributed by atoms with van der Waals surface area (Å²) in [5, 5.41) is 0. The van der Waals surface area contributed by atoms with E-state index in [1.165, 1.54) is 0 Å². The summed E-state index contributed by atoms with van der Waals surface area (Å²) >= 11 is 0. The van der Waals surface area contributed by atoms with Gasteiger partial charge in [0.25, 0.3) is 0 Å². The van der Waals surface area contributed by atoms with Crippen LogP contribution < -0.4 is 0 Å². The van der Waals surface area contributed by atoms with Gasteiger partial charge in [-0.15, -0.1) is 5.73 Å². The van der Waals surface area contributed by atoms with Gasteiger partial charge in [0.05, 0.1) is 0 Å². The van der Waals surface area contributed by atoms with E-state index in [2.05, 4.69) is 12.3 Å². The second-order valence-electron chi connectivity index (χ2n) is 2.70. The molecule has 0 spiro atoms. The second-order valence-corrected chi connectivity index (χ2v) is 2.70. The van der Waals surface area contributed by atoms with Crippen molar-refractivity contribution in [3.63, 3.8) is 0 Å². The number of Topliss-reactive ketones (excluding diaryl/α,β-unsaturated/α-hetero) is 1. The number of rotatable bonds is 2. The number of ketones is 1. The van der Waals surface area contributed by atoms with Crippen LogP contribution in [0.5, 0.6) is 0 Å². The Morgan fingerprint density at radius 3 is 3.10 bits per heavy atom. The van der Waals surface area contributed by atoms with Crippen LogP contribution in [-0.4, -0.2) is 5.78 Å². The highest BCUT2D eigenvalue weighted by atomic mass is 16.1. The first kappa shape index (κ1) is 7.30. The van der Waals surface area contributed by atoms with E-state index in [1.54, 1.807) is 0 Å². The number of allylic oxidation sites excluding steroid dienone is 1. The topological polar surface area (TPSA) is 17.1 Å². The maximum absolute atomic E-state index is 11.0. The van der Waals surface area contributed by atoms with E-state index >= 15 is 0 Å². The van der Waals surface area contributed by atoms with Crippen LogP contribution in [0.15, 0.2) is 18.4 Å². The molecule has 0 bridgehead atoms. The van der Waals surface area contributed by atoms with Gasteiger partial charge in [-0.2, -0.15) is 0 Å².